The summed E-state index contributed by atoms with van der Waals surface area (Å²) in [5.41, 5.74) is 0.776. The molecule has 1 saturated heterocycles. The minimum Gasteiger partial charge on any atom is -0.310 e. The summed E-state index contributed by atoms with van der Waals surface area (Å²) in [6.45, 7) is 4.05. The molecule has 21 heavy (non-hydrogen) atoms. The molecular formula is C15H22N4OS. The van der Waals surface area contributed by atoms with Crippen LogP contribution < -0.4 is 10.9 Å². The summed E-state index contributed by atoms with van der Waals surface area (Å²) in [6, 6.07) is 1.90. The summed E-state index contributed by atoms with van der Waals surface area (Å²) in [6.07, 6.45) is 3.81. The van der Waals surface area contributed by atoms with Crippen LogP contribution in [0.4, 0.5) is 0 Å². The van der Waals surface area contributed by atoms with E-state index in [1.165, 1.54) is 43.7 Å². The van der Waals surface area contributed by atoms with Gasteiger partial charge in [-0.15, -0.1) is 11.3 Å². The fourth-order valence-electron chi connectivity index (χ4n) is 2.87. The zero-order chi connectivity index (χ0) is 14.7. The number of aromatic nitrogens is 2. The first kappa shape index (κ1) is 14.7. The van der Waals surface area contributed by atoms with E-state index in [0.717, 1.165) is 23.8 Å². The Morgan fingerprint density at radius 1 is 1.48 bits per heavy atom. The van der Waals surface area contributed by atoms with E-state index >= 15 is 0 Å². The smallest absolute Gasteiger partial charge is 0.268 e. The van der Waals surface area contributed by atoms with Crippen LogP contribution in [0.15, 0.2) is 16.2 Å². The molecule has 0 saturated carbocycles. The largest absolute Gasteiger partial charge is 0.310 e. The normalized spacial score (nSPS) is 17.6. The molecule has 0 aromatic carbocycles. The van der Waals surface area contributed by atoms with Crippen LogP contribution in [-0.2, 0) is 6.54 Å². The highest BCUT2D eigenvalue weighted by Crippen LogP contribution is 2.18. The van der Waals surface area contributed by atoms with E-state index in [1.54, 1.807) is 0 Å². The molecule has 0 bridgehead atoms. The van der Waals surface area contributed by atoms with Gasteiger partial charge in [-0.05, 0) is 63.3 Å². The van der Waals surface area contributed by atoms with Crippen LogP contribution in [0.2, 0.25) is 0 Å². The lowest BCUT2D eigenvalue weighted by atomic mass is 9.94. The maximum absolute atomic E-state index is 11.9. The van der Waals surface area contributed by atoms with Gasteiger partial charge < -0.3 is 15.2 Å². The summed E-state index contributed by atoms with van der Waals surface area (Å²) >= 11 is 1.44. The van der Waals surface area contributed by atoms with Crippen molar-refractivity contribution in [3.05, 3.63) is 27.6 Å². The molecule has 2 N–H and O–H groups in total. The van der Waals surface area contributed by atoms with Gasteiger partial charge in [-0.25, -0.2) is 4.98 Å². The van der Waals surface area contributed by atoms with Gasteiger partial charge in [-0.3, -0.25) is 4.79 Å². The van der Waals surface area contributed by atoms with Gasteiger partial charge >= 0.3 is 0 Å². The fraction of sp³-hybridized carbons (Fsp3) is 0.600. The quantitative estimate of drug-likeness (QED) is 0.827. The van der Waals surface area contributed by atoms with Crippen molar-refractivity contribution in [1.82, 2.24) is 20.2 Å². The van der Waals surface area contributed by atoms with Crippen molar-refractivity contribution in [3.8, 4) is 0 Å². The van der Waals surface area contributed by atoms with Gasteiger partial charge in [0, 0.05) is 0 Å². The molecule has 1 aliphatic rings. The summed E-state index contributed by atoms with van der Waals surface area (Å²) in [5, 5.41) is 5.31. The molecule has 2 aromatic rings. The van der Waals surface area contributed by atoms with Crippen molar-refractivity contribution in [2.45, 2.75) is 25.8 Å². The molecule has 0 atom stereocenters. The monoisotopic (exact) mass is 306 g/mol. The van der Waals surface area contributed by atoms with Crippen molar-refractivity contribution >= 4 is 21.6 Å². The molecule has 3 rings (SSSR count). The number of hydrogen-bond donors (Lipinski definition) is 2. The number of thiophene rings is 1. The number of rotatable bonds is 5. The van der Waals surface area contributed by atoms with Crippen LogP contribution >= 0.6 is 11.3 Å². The van der Waals surface area contributed by atoms with E-state index in [0.29, 0.717) is 11.2 Å². The SMILES string of the molecule is CN1CCC(CCNCc2nc3ccsc3c(=O)[nH]2)CC1. The predicted octanol–water partition coefficient (Wildman–Crippen LogP) is 1.81. The second-order valence-corrected chi connectivity index (χ2v) is 6.78. The number of fused-ring (bicyclic) bond motifs is 1. The van der Waals surface area contributed by atoms with Crippen LogP contribution in [0, 0.1) is 5.92 Å². The highest BCUT2D eigenvalue weighted by Gasteiger charge is 2.15. The molecule has 2 aromatic heterocycles. The number of likely N-dealkylation sites (tertiary alicyclic amines) is 1. The molecule has 6 heteroatoms. The van der Waals surface area contributed by atoms with Crippen molar-refractivity contribution in [2.75, 3.05) is 26.7 Å². The Morgan fingerprint density at radius 3 is 3.10 bits per heavy atom. The van der Waals surface area contributed by atoms with Gasteiger partial charge in [0.15, 0.2) is 0 Å². The van der Waals surface area contributed by atoms with Crippen LogP contribution in [-0.4, -0.2) is 41.5 Å². The highest BCUT2D eigenvalue weighted by atomic mass is 32.1. The average molecular weight is 306 g/mol. The van der Waals surface area contributed by atoms with Crippen molar-refractivity contribution < 1.29 is 0 Å². The van der Waals surface area contributed by atoms with Gasteiger partial charge in [-0.1, -0.05) is 0 Å². The Hall–Kier alpha value is -1.24. The summed E-state index contributed by atoms with van der Waals surface area (Å²) in [4.78, 5) is 21.6. The summed E-state index contributed by atoms with van der Waals surface area (Å²) in [5.74, 6) is 1.56. The minimum atomic E-state index is -0.0258. The first-order valence-electron chi connectivity index (χ1n) is 7.58. The maximum Gasteiger partial charge on any atom is 0.268 e. The highest BCUT2D eigenvalue weighted by molar-refractivity contribution is 7.17. The van der Waals surface area contributed by atoms with E-state index in [1.807, 2.05) is 11.4 Å². The molecule has 0 unspecified atom stereocenters. The van der Waals surface area contributed by atoms with Crippen LogP contribution in [0.25, 0.3) is 10.2 Å². The third-order valence-corrected chi connectivity index (χ3v) is 5.13. The molecule has 3 heterocycles. The number of nitrogens with one attached hydrogen (secondary N) is 2. The Bertz CT molecular complexity index is 642. The van der Waals surface area contributed by atoms with E-state index in [4.69, 9.17) is 0 Å². The zero-order valence-electron chi connectivity index (χ0n) is 12.4. The Balaban J connectivity index is 1.47. The van der Waals surface area contributed by atoms with Crippen LogP contribution in [0.5, 0.6) is 0 Å². The van der Waals surface area contributed by atoms with Gasteiger partial charge in [0.2, 0.25) is 0 Å². The summed E-state index contributed by atoms with van der Waals surface area (Å²) in [7, 11) is 2.19. The van der Waals surface area contributed by atoms with Gasteiger partial charge in [0.1, 0.15) is 10.5 Å². The van der Waals surface area contributed by atoms with Gasteiger partial charge in [-0.2, -0.15) is 0 Å². The number of H-pyrrole nitrogens is 1. The second kappa shape index (κ2) is 6.68. The lowest BCUT2D eigenvalue weighted by Gasteiger charge is -2.28. The predicted molar refractivity (Wildman–Crippen MR) is 86.8 cm³/mol. The van der Waals surface area contributed by atoms with Crippen molar-refractivity contribution in [2.24, 2.45) is 5.92 Å². The number of nitrogens with zero attached hydrogens (tertiary/aromatic N) is 2. The van der Waals surface area contributed by atoms with Gasteiger partial charge in [0.25, 0.3) is 5.56 Å². The van der Waals surface area contributed by atoms with Gasteiger partial charge in [0.05, 0.1) is 12.1 Å². The van der Waals surface area contributed by atoms with Crippen LogP contribution in [0.3, 0.4) is 0 Å². The standard InChI is InChI=1S/C15H22N4OS/c1-19-7-3-11(4-8-19)2-6-16-10-13-17-12-5-9-21-14(12)15(20)18-13/h5,9,11,16H,2-4,6-8,10H2,1H3,(H,17,18,20). The molecule has 0 amide bonds. The molecule has 1 aliphatic heterocycles. The molecule has 0 aliphatic carbocycles. The van der Waals surface area contributed by atoms with Crippen LogP contribution in [0.1, 0.15) is 25.1 Å². The third-order valence-electron chi connectivity index (χ3n) is 4.22. The topological polar surface area (TPSA) is 61.0 Å². The molecule has 0 spiro atoms. The first-order valence-corrected chi connectivity index (χ1v) is 8.46. The molecular weight excluding hydrogens is 284 g/mol. The zero-order valence-corrected chi connectivity index (χ0v) is 13.2. The summed E-state index contributed by atoms with van der Waals surface area (Å²) < 4.78 is 0.713. The number of aromatic amines is 1. The minimum absolute atomic E-state index is 0.0258. The lowest BCUT2D eigenvalue weighted by Crippen LogP contribution is -2.31. The number of hydrogen-bond acceptors (Lipinski definition) is 5. The van der Waals surface area contributed by atoms with E-state index in [-0.39, 0.29) is 5.56 Å². The van der Waals surface area contributed by atoms with Crippen molar-refractivity contribution in [3.63, 3.8) is 0 Å². The molecule has 1 fully saturated rings. The van der Waals surface area contributed by atoms with Crippen molar-refractivity contribution in [1.29, 1.82) is 0 Å². The Kier molecular flexibility index (Phi) is 4.67. The second-order valence-electron chi connectivity index (χ2n) is 5.86. The van der Waals surface area contributed by atoms with E-state index in [9.17, 15) is 4.79 Å². The molecule has 0 radical (unpaired) electrons. The maximum atomic E-state index is 11.9. The number of piperidine rings is 1. The van der Waals surface area contributed by atoms with E-state index in [2.05, 4.69) is 27.2 Å². The Labute approximate surface area is 128 Å². The fourth-order valence-corrected chi connectivity index (χ4v) is 3.59. The average Bonchev–Trinajstić information content (AvgIpc) is 2.94. The molecule has 114 valence electrons. The Morgan fingerprint density at radius 2 is 2.29 bits per heavy atom. The molecule has 5 nitrogen and oxygen atoms in total. The first-order chi connectivity index (χ1) is 10.2. The van der Waals surface area contributed by atoms with E-state index < -0.39 is 0 Å². The third kappa shape index (κ3) is 3.70. The lowest BCUT2D eigenvalue weighted by molar-refractivity contribution is 0.211.